The van der Waals surface area contributed by atoms with Crippen molar-refractivity contribution < 1.29 is 14.3 Å². The molecule has 23 heavy (non-hydrogen) atoms. The number of nitrogens with two attached hydrogens (primary N) is 1. The zero-order valence-electron chi connectivity index (χ0n) is 14.6. The maximum absolute atomic E-state index is 11.8. The predicted octanol–water partition coefficient (Wildman–Crippen LogP) is 1.77. The molecular formula is C16H30N4O3. The molecule has 0 radical (unpaired) electrons. The summed E-state index contributed by atoms with van der Waals surface area (Å²) in [6, 6.07) is 0. The predicted molar refractivity (Wildman–Crippen MR) is 90.0 cm³/mol. The molecule has 0 aromatic rings. The molecule has 4 N–H and O–H groups in total. The van der Waals surface area contributed by atoms with Crippen LogP contribution in [0.4, 0.5) is 4.79 Å². The summed E-state index contributed by atoms with van der Waals surface area (Å²) in [6.07, 6.45) is 3.83. The van der Waals surface area contributed by atoms with Crippen molar-refractivity contribution in [2.75, 3.05) is 13.1 Å². The number of aliphatic imine (C=N–C) groups is 1. The molecule has 2 amide bonds. The third kappa shape index (κ3) is 8.54. The average molecular weight is 326 g/mol. The van der Waals surface area contributed by atoms with E-state index in [4.69, 9.17) is 10.5 Å². The van der Waals surface area contributed by atoms with Crippen LogP contribution in [0, 0.1) is 11.8 Å². The summed E-state index contributed by atoms with van der Waals surface area (Å²) in [6.45, 7) is 7.96. The van der Waals surface area contributed by atoms with Gasteiger partial charge in [0.1, 0.15) is 5.60 Å². The summed E-state index contributed by atoms with van der Waals surface area (Å²) < 4.78 is 5.18. The largest absolute Gasteiger partial charge is 0.444 e. The van der Waals surface area contributed by atoms with Gasteiger partial charge in [-0.2, -0.15) is 0 Å². The summed E-state index contributed by atoms with van der Waals surface area (Å²) in [5.41, 5.74) is 5.14. The highest BCUT2D eigenvalue weighted by Crippen LogP contribution is 2.28. The number of guanidine groups is 1. The fourth-order valence-corrected chi connectivity index (χ4v) is 2.68. The summed E-state index contributed by atoms with van der Waals surface area (Å²) in [5.74, 6) is 0.832. The Morgan fingerprint density at radius 3 is 2.43 bits per heavy atom. The molecule has 1 fully saturated rings. The van der Waals surface area contributed by atoms with Gasteiger partial charge in [-0.3, -0.25) is 20.4 Å². The molecular weight excluding hydrogens is 296 g/mol. The van der Waals surface area contributed by atoms with Gasteiger partial charge in [0.25, 0.3) is 0 Å². The van der Waals surface area contributed by atoms with Crippen LogP contribution in [-0.2, 0) is 9.53 Å². The minimum absolute atomic E-state index is 0.140. The summed E-state index contributed by atoms with van der Waals surface area (Å²) in [5, 5.41) is 5.04. The molecule has 2 atom stereocenters. The van der Waals surface area contributed by atoms with Crippen LogP contribution in [0.1, 0.15) is 53.4 Å². The smallest absolute Gasteiger partial charge is 0.414 e. The van der Waals surface area contributed by atoms with Crippen LogP contribution in [-0.4, -0.2) is 36.7 Å². The first-order chi connectivity index (χ1) is 10.7. The Morgan fingerprint density at radius 2 is 1.87 bits per heavy atom. The van der Waals surface area contributed by atoms with E-state index in [0.717, 1.165) is 19.3 Å². The van der Waals surface area contributed by atoms with Crippen molar-refractivity contribution in [1.29, 1.82) is 0 Å². The van der Waals surface area contributed by atoms with Crippen LogP contribution in [0.3, 0.4) is 0 Å². The highest BCUT2D eigenvalue weighted by atomic mass is 16.6. The molecule has 0 heterocycles. The Kier molecular flexibility index (Phi) is 7.48. The summed E-state index contributed by atoms with van der Waals surface area (Å²) in [7, 11) is 0. The number of ether oxygens (including phenoxy) is 1. The molecule has 7 nitrogen and oxygen atoms in total. The van der Waals surface area contributed by atoms with Gasteiger partial charge in [-0.15, -0.1) is 0 Å². The van der Waals surface area contributed by atoms with E-state index in [-0.39, 0.29) is 11.9 Å². The second-order valence-corrected chi connectivity index (χ2v) is 7.13. The number of nitrogens with zero attached hydrogens (tertiary/aromatic N) is 1. The van der Waals surface area contributed by atoms with Gasteiger partial charge < -0.3 is 10.5 Å². The molecule has 132 valence electrons. The standard InChI is InChI=1S/C16H30N4O3/c1-11(21)19-14(20-15(22)23-16(2,3)4)18-10-13-7-5-6-12(8-13)9-17/h12-13H,5-10,17H2,1-4H3,(H2,18,19,20,21,22). The summed E-state index contributed by atoms with van der Waals surface area (Å²) in [4.78, 5) is 27.4. The Bertz CT molecular complexity index is 443. The number of nitrogens with one attached hydrogen (secondary N) is 2. The molecule has 0 aromatic carbocycles. The van der Waals surface area contributed by atoms with Crippen molar-refractivity contribution >= 4 is 18.0 Å². The SMILES string of the molecule is CC(=O)NC(=NCC1CCCC(CN)C1)NC(=O)OC(C)(C)C. The average Bonchev–Trinajstić information content (AvgIpc) is 2.42. The zero-order chi connectivity index (χ0) is 17.5. The third-order valence-corrected chi connectivity index (χ3v) is 3.65. The monoisotopic (exact) mass is 326 g/mol. The lowest BCUT2D eigenvalue weighted by Crippen LogP contribution is -2.45. The van der Waals surface area contributed by atoms with Gasteiger partial charge in [-0.1, -0.05) is 6.42 Å². The Balaban J connectivity index is 2.61. The van der Waals surface area contributed by atoms with Crippen molar-refractivity contribution in [3.63, 3.8) is 0 Å². The van der Waals surface area contributed by atoms with Gasteiger partial charge >= 0.3 is 6.09 Å². The molecule has 1 rings (SSSR count). The van der Waals surface area contributed by atoms with E-state index < -0.39 is 11.7 Å². The second kappa shape index (κ2) is 8.86. The molecule has 0 aliphatic heterocycles. The molecule has 0 spiro atoms. The Hall–Kier alpha value is -1.63. The fourth-order valence-electron chi connectivity index (χ4n) is 2.68. The van der Waals surface area contributed by atoms with Crippen molar-refractivity contribution in [2.45, 2.75) is 59.0 Å². The van der Waals surface area contributed by atoms with Crippen LogP contribution in [0.25, 0.3) is 0 Å². The number of hydrogen-bond acceptors (Lipinski definition) is 5. The highest BCUT2D eigenvalue weighted by Gasteiger charge is 2.22. The van der Waals surface area contributed by atoms with Gasteiger partial charge in [0.05, 0.1) is 0 Å². The first kappa shape index (κ1) is 19.4. The number of amides is 2. The third-order valence-electron chi connectivity index (χ3n) is 3.65. The van der Waals surface area contributed by atoms with E-state index in [1.165, 1.54) is 13.3 Å². The van der Waals surface area contributed by atoms with Gasteiger partial charge in [0, 0.05) is 13.5 Å². The second-order valence-electron chi connectivity index (χ2n) is 7.13. The van der Waals surface area contributed by atoms with Crippen LogP contribution in [0.5, 0.6) is 0 Å². The number of rotatable bonds is 3. The van der Waals surface area contributed by atoms with Crippen molar-refractivity contribution in [3.05, 3.63) is 0 Å². The number of carbonyl (C=O) groups excluding carboxylic acids is 2. The van der Waals surface area contributed by atoms with Crippen molar-refractivity contribution in [3.8, 4) is 0 Å². The van der Waals surface area contributed by atoms with Crippen LogP contribution in [0.2, 0.25) is 0 Å². The number of alkyl carbamates (subject to hydrolysis) is 1. The van der Waals surface area contributed by atoms with Gasteiger partial charge in [-0.25, -0.2) is 4.79 Å². The lowest BCUT2D eigenvalue weighted by atomic mass is 9.81. The molecule has 0 bridgehead atoms. The van der Waals surface area contributed by atoms with Crippen molar-refractivity contribution in [2.24, 2.45) is 22.6 Å². The van der Waals surface area contributed by atoms with Gasteiger partial charge in [0.2, 0.25) is 11.9 Å². The Morgan fingerprint density at radius 1 is 1.22 bits per heavy atom. The molecule has 0 aromatic heterocycles. The minimum Gasteiger partial charge on any atom is -0.444 e. The van der Waals surface area contributed by atoms with Crippen LogP contribution in [0.15, 0.2) is 4.99 Å². The van der Waals surface area contributed by atoms with E-state index in [9.17, 15) is 9.59 Å². The summed E-state index contributed by atoms with van der Waals surface area (Å²) >= 11 is 0. The first-order valence-electron chi connectivity index (χ1n) is 8.21. The van der Waals surface area contributed by atoms with E-state index >= 15 is 0 Å². The van der Waals surface area contributed by atoms with Gasteiger partial charge in [-0.05, 0) is 58.4 Å². The van der Waals surface area contributed by atoms with Crippen molar-refractivity contribution in [1.82, 2.24) is 10.6 Å². The number of carbonyl (C=O) groups is 2. The molecule has 1 saturated carbocycles. The lowest BCUT2D eigenvalue weighted by molar-refractivity contribution is -0.117. The van der Waals surface area contributed by atoms with Gasteiger partial charge in [0.15, 0.2) is 0 Å². The highest BCUT2D eigenvalue weighted by molar-refractivity contribution is 6.02. The van der Waals surface area contributed by atoms with E-state index in [2.05, 4.69) is 15.6 Å². The van der Waals surface area contributed by atoms with Crippen LogP contribution >= 0.6 is 0 Å². The maximum Gasteiger partial charge on any atom is 0.414 e. The zero-order valence-corrected chi connectivity index (χ0v) is 14.6. The van der Waals surface area contributed by atoms with E-state index in [1.54, 1.807) is 20.8 Å². The molecule has 1 aliphatic rings. The maximum atomic E-state index is 11.8. The van der Waals surface area contributed by atoms with E-state index in [1.807, 2.05) is 0 Å². The fraction of sp³-hybridized carbons (Fsp3) is 0.812. The van der Waals surface area contributed by atoms with Crippen LogP contribution < -0.4 is 16.4 Å². The first-order valence-corrected chi connectivity index (χ1v) is 8.21. The normalized spacial score (nSPS) is 22.4. The lowest BCUT2D eigenvalue weighted by Gasteiger charge is -2.27. The topological polar surface area (TPSA) is 106 Å². The number of hydrogen-bond donors (Lipinski definition) is 3. The molecule has 1 aliphatic carbocycles. The molecule has 7 heteroatoms. The minimum atomic E-state index is -0.631. The Labute approximate surface area is 138 Å². The van der Waals surface area contributed by atoms with E-state index in [0.29, 0.717) is 24.9 Å². The molecule has 0 saturated heterocycles. The quantitative estimate of drug-likeness (QED) is 0.543. The molecule has 2 unspecified atom stereocenters.